The fraction of sp³-hybridized carbons (Fsp3) is 1.00. The van der Waals surface area contributed by atoms with Crippen molar-refractivity contribution in [2.24, 2.45) is 0 Å². The number of hydroxylamine groups is 1. The van der Waals surface area contributed by atoms with Crippen molar-refractivity contribution in [2.75, 3.05) is 13.8 Å². The molecule has 1 N–H and O–H groups in total. The van der Waals surface area contributed by atoms with Crippen LogP contribution < -0.4 is 0 Å². The predicted molar refractivity (Wildman–Crippen MR) is 21.8 cm³/mol. The molecule has 4 heteroatoms. The fourth-order valence-corrected chi connectivity index (χ4v) is 0.123. The molecule has 0 aliphatic heterocycles. The third-order valence-electron chi connectivity index (χ3n) is 0.236. The van der Waals surface area contributed by atoms with Crippen LogP contribution in [0, 0.1) is 0 Å². The van der Waals surface area contributed by atoms with Gasteiger partial charge in [-0.15, -0.1) is 0 Å². The van der Waals surface area contributed by atoms with Gasteiger partial charge in [-0.05, 0) is 0 Å². The van der Waals surface area contributed by atoms with Crippen LogP contribution in [-0.2, 0) is 4.84 Å². The molecule has 6 heavy (non-hydrogen) atoms. The van der Waals surface area contributed by atoms with E-state index in [0.717, 1.165) is 4.58 Å². The summed E-state index contributed by atoms with van der Waals surface area (Å²) >= 11 is 5.03. The first kappa shape index (κ1) is 6.17. The summed E-state index contributed by atoms with van der Waals surface area (Å²) in [5.74, 6) is 0. The molecule has 0 spiro atoms. The van der Waals surface area contributed by atoms with E-state index in [2.05, 4.69) is 4.84 Å². The quantitative estimate of drug-likeness (QED) is 0.308. The Morgan fingerprint density at radius 2 is 2.50 bits per heavy atom. The molecular weight excluding hydrogens is 105 g/mol. The van der Waals surface area contributed by atoms with E-state index in [1.807, 2.05) is 0 Å². The Hall–Kier alpha value is 0.170. The second-order valence-corrected chi connectivity index (χ2v) is 1.15. The lowest BCUT2D eigenvalue weighted by atomic mass is 11.5. The fourth-order valence-electron chi connectivity index (χ4n) is 0.0796. The van der Waals surface area contributed by atoms with E-state index in [1.54, 1.807) is 0 Å². The average Bonchev–Trinajstić information content (AvgIpc) is 1.35. The van der Waals surface area contributed by atoms with Gasteiger partial charge >= 0.3 is 0 Å². The minimum Gasteiger partial charge on any atom is -0.369 e. The van der Waals surface area contributed by atoms with Gasteiger partial charge in [-0.3, -0.25) is 4.84 Å². The van der Waals surface area contributed by atoms with Crippen molar-refractivity contribution in [1.82, 2.24) is 4.58 Å². The third kappa shape index (κ3) is 4.17. The van der Waals surface area contributed by atoms with Gasteiger partial charge in [0.15, 0.2) is 6.79 Å². The van der Waals surface area contributed by atoms with E-state index in [9.17, 15) is 0 Å². The highest BCUT2D eigenvalue weighted by Crippen LogP contribution is 1.84. The van der Waals surface area contributed by atoms with Crippen molar-refractivity contribution in [3.63, 3.8) is 0 Å². The SMILES string of the molecule is CN(Cl)OCO. The Balaban J connectivity index is 2.63. The Morgan fingerprint density at radius 3 is 2.50 bits per heavy atom. The summed E-state index contributed by atoms with van der Waals surface area (Å²) in [7, 11) is 1.47. The number of aliphatic hydroxyl groups excluding tert-OH is 1. The van der Waals surface area contributed by atoms with Gasteiger partial charge in [0.25, 0.3) is 0 Å². The van der Waals surface area contributed by atoms with Gasteiger partial charge in [0.05, 0.1) is 0 Å². The first-order valence-electron chi connectivity index (χ1n) is 1.40. The van der Waals surface area contributed by atoms with Crippen molar-refractivity contribution >= 4 is 11.8 Å². The Bertz CT molecular complexity index is 32.7. The molecule has 0 aliphatic rings. The molecule has 38 valence electrons. The summed E-state index contributed by atoms with van der Waals surface area (Å²) in [6.07, 6.45) is 0. The van der Waals surface area contributed by atoms with Gasteiger partial charge in [-0.25, -0.2) is 0 Å². The van der Waals surface area contributed by atoms with Crippen LogP contribution in [0.15, 0.2) is 0 Å². The maximum atomic E-state index is 7.89. The minimum atomic E-state index is -0.375. The third-order valence-corrected chi connectivity index (χ3v) is 0.333. The maximum absolute atomic E-state index is 7.89. The highest BCUT2D eigenvalue weighted by atomic mass is 35.5. The van der Waals surface area contributed by atoms with Crippen LogP contribution in [0.5, 0.6) is 0 Å². The highest BCUT2D eigenvalue weighted by Gasteiger charge is 1.82. The van der Waals surface area contributed by atoms with Crippen LogP contribution >= 0.6 is 11.8 Å². The molecule has 0 aromatic carbocycles. The van der Waals surface area contributed by atoms with Gasteiger partial charge in [0.2, 0.25) is 0 Å². The molecule has 0 rings (SSSR count). The molecular formula is C2H6ClNO2. The number of aliphatic hydroxyl groups is 1. The molecule has 0 radical (unpaired) electrons. The summed E-state index contributed by atoms with van der Waals surface area (Å²) in [6.45, 7) is -0.375. The summed E-state index contributed by atoms with van der Waals surface area (Å²) in [5, 5.41) is 7.89. The summed E-state index contributed by atoms with van der Waals surface area (Å²) in [4.78, 5) is 4.20. The number of hydrogen-bond donors (Lipinski definition) is 1. The van der Waals surface area contributed by atoms with Crippen molar-refractivity contribution in [3.05, 3.63) is 0 Å². The van der Waals surface area contributed by atoms with E-state index in [0.29, 0.717) is 0 Å². The molecule has 0 bridgehead atoms. The molecule has 0 unspecified atom stereocenters. The van der Waals surface area contributed by atoms with Crippen LogP contribution in [0.2, 0.25) is 0 Å². The summed E-state index contributed by atoms with van der Waals surface area (Å²) in [6, 6.07) is 0. The maximum Gasteiger partial charge on any atom is 0.165 e. The molecule has 0 heterocycles. The normalized spacial score (nSPS) is 10.0. The molecule has 0 saturated carbocycles. The molecule has 0 fully saturated rings. The molecule has 0 amide bonds. The lowest BCUT2D eigenvalue weighted by Crippen LogP contribution is -2.05. The monoisotopic (exact) mass is 111 g/mol. The first-order chi connectivity index (χ1) is 2.77. The van der Waals surface area contributed by atoms with E-state index in [1.165, 1.54) is 7.05 Å². The molecule has 0 aliphatic carbocycles. The lowest BCUT2D eigenvalue weighted by molar-refractivity contribution is -0.137. The zero-order valence-corrected chi connectivity index (χ0v) is 4.14. The van der Waals surface area contributed by atoms with Crippen molar-refractivity contribution in [2.45, 2.75) is 0 Å². The van der Waals surface area contributed by atoms with Gasteiger partial charge in [-0.1, -0.05) is 4.58 Å². The standard InChI is InChI=1S/C2H6ClNO2/c1-4(3)6-2-5/h5H,2H2,1H3. The lowest BCUT2D eigenvalue weighted by Gasteiger charge is -2.00. The number of hydrogen-bond acceptors (Lipinski definition) is 3. The van der Waals surface area contributed by atoms with Crippen molar-refractivity contribution in [1.29, 1.82) is 0 Å². The molecule has 0 atom stereocenters. The average molecular weight is 112 g/mol. The number of rotatable bonds is 2. The Kier molecular flexibility index (Phi) is 3.46. The van der Waals surface area contributed by atoms with Crippen LogP contribution in [0.25, 0.3) is 0 Å². The topological polar surface area (TPSA) is 32.7 Å². The molecule has 0 saturated heterocycles. The van der Waals surface area contributed by atoms with Crippen LogP contribution in [0.4, 0.5) is 0 Å². The van der Waals surface area contributed by atoms with Gasteiger partial charge in [0.1, 0.15) is 0 Å². The second-order valence-electron chi connectivity index (χ2n) is 0.679. The van der Waals surface area contributed by atoms with Crippen LogP contribution in [-0.4, -0.2) is 23.5 Å². The zero-order valence-electron chi connectivity index (χ0n) is 3.39. The molecule has 3 nitrogen and oxygen atoms in total. The highest BCUT2D eigenvalue weighted by molar-refractivity contribution is 6.12. The molecule has 0 aromatic heterocycles. The zero-order chi connectivity index (χ0) is 4.99. The molecule has 0 aromatic rings. The van der Waals surface area contributed by atoms with E-state index < -0.39 is 0 Å². The van der Waals surface area contributed by atoms with Gasteiger partial charge in [0, 0.05) is 18.8 Å². The number of nitrogens with zero attached hydrogens (tertiary/aromatic N) is 1. The summed E-state index contributed by atoms with van der Waals surface area (Å²) < 4.78 is 0.903. The van der Waals surface area contributed by atoms with Crippen molar-refractivity contribution < 1.29 is 9.94 Å². The number of halogens is 1. The smallest absolute Gasteiger partial charge is 0.165 e. The van der Waals surface area contributed by atoms with E-state index >= 15 is 0 Å². The van der Waals surface area contributed by atoms with Crippen LogP contribution in [0.1, 0.15) is 0 Å². The summed E-state index contributed by atoms with van der Waals surface area (Å²) in [5.41, 5.74) is 0. The van der Waals surface area contributed by atoms with E-state index in [-0.39, 0.29) is 6.79 Å². The predicted octanol–water partition coefficient (Wildman–Crippen LogP) is -0.0466. The second kappa shape index (κ2) is 3.36. The Morgan fingerprint density at radius 1 is 2.00 bits per heavy atom. The minimum absolute atomic E-state index is 0.375. The van der Waals surface area contributed by atoms with E-state index in [4.69, 9.17) is 16.9 Å². The van der Waals surface area contributed by atoms with Crippen LogP contribution in [0.3, 0.4) is 0 Å². The largest absolute Gasteiger partial charge is 0.369 e. The first-order valence-corrected chi connectivity index (χ1v) is 1.74. The van der Waals surface area contributed by atoms with Gasteiger partial charge < -0.3 is 5.11 Å². The Labute approximate surface area is 41.1 Å². The van der Waals surface area contributed by atoms with Crippen molar-refractivity contribution in [3.8, 4) is 0 Å². The van der Waals surface area contributed by atoms with Gasteiger partial charge in [-0.2, -0.15) is 0 Å².